The van der Waals surface area contributed by atoms with Crippen molar-refractivity contribution in [2.75, 3.05) is 0 Å². The summed E-state index contributed by atoms with van der Waals surface area (Å²) in [4.78, 5) is 24.2. The van der Waals surface area contributed by atoms with Crippen LogP contribution in [0.25, 0.3) is 17.5 Å². The number of hydrogen-bond donors (Lipinski definition) is 0. The average Bonchev–Trinajstić information content (AvgIpc) is 3.29. The Morgan fingerprint density at radius 1 is 1.26 bits per heavy atom. The number of thiophene rings is 1. The number of hydrogen-bond acceptors (Lipinski definition) is 8. The summed E-state index contributed by atoms with van der Waals surface area (Å²) in [6.45, 7) is 3.61. The lowest BCUT2D eigenvalue weighted by molar-refractivity contribution is -0.384. The molecule has 27 heavy (non-hydrogen) atoms. The molecule has 2 heterocycles. The molecule has 3 aromatic rings. The number of nitro benzene ring substituents is 1. The summed E-state index contributed by atoms with van der Waals surface area (Å²) < 4.78 is 10.8. The maximum absolute atomic E-state index is 11.9. The lowest BCUT2D eigenvalue weighted by atomic mass is 10.2. The standard InChI is InChI=1S/C18H15N3O5S/c1-11-3-8-15(27-11)9-10-16(22)25-12(2)17-19-20-18(26-17)13-4-6-14(7-5-13)21(23)24/h3-10,12H,1-2H3/b10-9+/t12-/m1/s1. The first-order chi connectivity index (χ1) is 12.9. The van der Waals surface area contributed by atoms with Crippen LogP contribution in [0.5, 0.6) is 0 Å². The van der Waals surface area contributed by atoms with Crippen molar-refractivity contribution in [1.29, 1.82) is 0 Å². The first kappa shape index (κ1) is 18.5. The quantitative estimate of drug-likeness (QED) is 0.269. The fourth-order valence-electron chi connectivity index (χ4n) is 2.20. The minimum Gasteiger partial charge on any atom is -0.449 e. The van der Waals surface area contributed by atoms with E-state index in [4.69, 9.17) is 9.15 Å². The van der Waals surface area contributed by atoms with Crippen molar-refractivity contribution < 1.29 is 18.9 Å². The van der Waals surface area contributed by atoms with Gasteiger partial charge in [-0.05, 0) is 44.2 Å². The van der Waals surface area contributed by atoms with E-state index < -0.39 is 17.0 Å². The number of nitro groups is 1. The van der Waals surface area contributed by atoms with Crippen LogP contribution >= 0.6 is 11.3 Å². The van der Waals surface area contributed by atoms with Crippen LogP contribution in [0, 0.1) is 17.0 Å². The maximum Gasteiger partial charge on any atom is 0.331 e. The number of aromatic nitrogens is 2. The van der Waals surface area contributed by atoms with Crippen molar-refractivity contribution in [2.45, 2.75) is 20.0 Å². The Bertz CT molecular complexity index is 991. The number of carbonyl (C=O) groups is 1. The average molecular weight is 385 g/mol. The summed E-state index contributed by atoms with van der Waals surface area (Å²) in [5.41, 5.74) is 0.499. The predicted octanol–water partition coefficient (Wildman–Crippen LogP) is 4.33. The molecule has 0 amide bonds. The van der Waals surface area contributed by atoms with Gasteiger partial charge in [0.15, 0.2) is 6.10 Å². The normalized spacial score (nSPS) is 12.2. The zero-order valence-electron chi connectivity index (χ0n) is 14.5. The Kier molecular flexibility index (Phi) is 5.41. The highest BCUT2D eigenvalue weighted by atomic mass is 32.1. The van der Waals surface area contributed by atoms with Gasteiger partial charge in [0.05, 0.1) is 4.92 Å². The Labute approximate surface area is 158 Å². The Morgan fingerprint density at radius 2 is 2.00 bits per heavy atom. The first-order valence-electron chi connectivity index (χ1n) is 7.96. The van der Waals surface area contributed by atoms with Gasteiger partial charge in [0.2, 0.25) is 5.89 Å². The van der Waals surface area contributed by atoms with Crippen LogP contribution in [0.15, 0.2) is 46.9 Å². The van der Waals surface area contributed by atoms with Crippen LogP contribution in [0.4, 0.5) is 5.69 Å². The number of esters is 1. The zero-order chi connectivity index (χ0) is 19.4. The third-order valence-corrected chi connectivity index (χ3v) is 4.52. The molecule has 0 saturated heterocycles. The highest BCUT2D eigenvalue weighted by molar-refractivity contribution is 7.12. The van der Waals surface area contributed by atoms with E-state index in [0.29, 0.717) is 5.56 Å². The van der Waals surface area contributed by atoms with Crippen molar-refractivity contribution in [2.24, 2.45) is 0 Å². The van der Waals surface area contributed by atoms with Crippen molar-refractivity contribution in [1.82, 2.24) is 10.2 Å². The molecule has 3 rings (SSSR count). The van der Waals surface area contributed by atoms with E-state index in [9.17, 15) is 14.9 Å². The molecule has 0 aliphatic heterocycles. The fourth-order valence-corrected chi connectivity index (χ4v) is 2.98. The molecule has 8 nitrogen and oxygen atoms in total. The summed E-state index contributed by atoms with van der Waals surface area (Å²) in [6.07, 6.45) is 2.30. The van der Waals surface area contributed by atoms with Crippen LogP contribution in [0.3, 0.4) is 0 Å². The highest BCUT2D eigenvalue weighted by Gasteiger charge is 2.18. The van der Waals surface area contributed by atoms with Gasteiger partial charge in [-0.15, -0.1) is 21.5 Å². The summed E-state index contributed by atoms with van der Waals surface area (Å²) in [7, 11) is 0. The Balaban J connectivity index is 1.64. The zero-order valence-corrected chi connectivity index (χ0v) is 15.3. The maximum atomic E-state index is 11.9. The van der Waals surface area contributed by atoms with Gasteiger partial charge < -0.3 is 9.15 Å². The van der Waals surface area contributed by atoms with Crippen LogP contribution in [0.1, 0.15) is 28.7 Å². The van der Waals surface area contributed by atoms with E-state index in [2.05, 4.69) is 10.2 Å². The Hall–Kier alpha value is -3.33. The van der Waals surface area contributed by atoms with E-state index in [1.807, 2.05) is 19.1 Å². The van der Waals surface area contributed by atoms with Crippen molar-refractivity contribution >= 4 is 29.1 Å². The molecule has 2 aromatic heterocycles. The van der Waals surface area contributed by atoms with Crippen LogP contribution in [0.2, 0.25) is 0 Å². The molecule has 138 valence electrons. The second kappa shape index (κ2) is 7.92. The van der Waals surface area contributed by atoms with Gasteiger partial charge in [-0.25, -0.2) is 4.79 Å². The van der Waals surface area contributed by atoms with Crippen LogP contribution < -0.4 is 0 Å². The van der Waals surface area contributed by atoms with Gasteiger partial charge in [0, 0.05) is 33.5 Å². The highest BCUT2D eigenvalue weighted by Crippen LogP contribution is 2.24. The Morgan fingerprint density at radius 3 is 2.63 bits per heavy atom. The molecule has 1 atom stereocenters. The molecular weight excluding hydrogens is 370 g/mol. The first-order valence-corrected chi connectivity index (χ1v) is 8.77. The second-order valence-corrected chi connectivity index (χ2v) is 6.93. The minimum atomic E-state index is -0.730. The summed E-state index contributed by atoms with van der Waals surface area (Å²) in [5, 5.41) is 18.5. The second-order valence-electron chi connectivity index (χ2n) is 5.61. The third-order valence-electron chi connectivity index (χ3n) is 3.55. The monoisotopic (exact) mass is 385 g/mol. The number of benzene rings is 1. The molecule has 9 heteroatoms. The lowest BCUT2D eigenvalue weighted by Gasteiger charge is -2.06. The number of ether oxygens (including phenoxy) is 1. The number of carbonyl (C=O) groups excluding carboxylic acids is 1. The van der Waals surface area contributed by atoms with E-state index >= 15 is 0 Å². The van der Waals surface area contributed by atoms with Crippen LogP contribution in [-0.2, 0) is 9.53 Å². The number of non-ortho nitro benzene ring substituents is 1. The molecule has 0 radical (unpaired) electrons. The lowest BCUT2D eigenvalue weighted by Crippen LogP contribution is -2.06. The van der Waals surface area contributed by atoms with Crippen LogP contribution in [-0.4, -0.2) is 21.1 Å². The van der Waals surface area contributed by atoms with Crippen molar-refractivity contribution in [3.8, 4) is 11.5 Å². The van der Waals surface area contributed by atoms with Gasteiger partial charge in [-0.3, -0.25) is 10.1 Å². The number of nitrogens with zero attached hydrogens (tertiary/aromatic N) is 3. The van der Waals surface area contributed by atoms with Gasteiger partial charge >= 0.3 is 5.97 Å². The summed E-state index contributed by atoms with van der Waals surface area (Å²) in [5.74, 6) is -0.201. The molecule has 1 aromatic carbocycles. The fraction of sp³-hybridized carbons (Fsp3) is 0.167. The molecule has 0 unspecified atom stereocenters. The molecule has 0 aliphatic carbocycles. The smallest absolute Gasteiger partial charge is 0.331 e. The topological polar surface area (TPSA) is 108 Å². The molecule has 0 N–H and O–H groups in total. The summed E-state index contributed by atoms with van der Waals surface area (Å²) in [6, 6.07) is 9.60. The molecular formula is C18H15N3O5S. The SMILES string of the molecule is Cc1ccc(/C=C/C(=O)O[C@H](C)c2nnc(-c3ccc([N+](=O)[O-])cc3)o2)s1. The molecule has 0 aliphatic rings. The predicted molar refractivity (Wildman–Crippen MR) is 99.0 cm³/mol. The molecule has 0 fully saturated rings. The van der Waals surface area contributed by atoms with E-state index in [1.54, 1.807) is 24.3 Å². The van der Waals surface area contributed by atoms with E-state index in [1.165, 1.54) is 30.3 Å². The molecule has 0 saturated carbocycles. The molecule has 0 bridgehead atoms. The van der Waals surface area contributed by atoms with Crippen molar-refractivity contribution in [3.63, 3.8) is 0 Å². The molecule has 0 spiro atoms. The van der Waals surface area contributed by atoms with Gasteiger partial charge in [0.25, 0.3) is 11.6 Å². The summed E-state index contributed by atoms with van der Waals surface area (Å²) >= 11 is 1.57. The van der Waals surface area contributed by atoms with Gasteiger partial charge in [-0.2, -0.15) is 0 Å². The van der Waals surface area contributed by atoms with Crippen molar-refractivity contribution in [3.05, 3.63) is 68.2 Å². The number of rotatable bonds is 6. The number of aryl methyl sites for hydroxylation is 1. The van der Waals surface area contributed by atoms with Gasteiger partial charge in [-0.1, -0.05) is 0 Å². The van der Waals surface area contributed by atoms with E-state index in [-0.39, 0.29) is 17.5 Å². The third kappa shape index (κ3) is 4.64. The van der Waals surface area contributed by atoms with E-state index in [0.717, 1.165) is 9.75 Å². The largest absolute Gasteiger partial charge is 0.449 e. The van der Waals surface area contributed by atoms with Gasteiger partial charge in [0.1, 0.15) is 0 Å². The minimum absolute atomic E-state index is 0.0338.